The van der Waals surface area contributed by atoms with Gasteiger partial charge in [0.05, 0.1) is 5.54 Å². The van der Waals surface area contributed by atoms with Crippen LogP contribution in [-0.4, -0.2) is 43.1 Å². The molecular formula is C15H22N2O2. The molecule has 0 aromatic heterocycles. The smallest absolute Gasteiger partial charge is 0.123 e. The van der Waals surface area contributed by atoms with E-state index in [0.717, 1.165) is 17.6 Å². The van der Waals surface area contributed by atoms with Crippen LogP contribution in [0, 0.1) is 0 Å². The number of rotatable bonds is 7. The standard InChI is InChI=1S/C15H22N2O2/c1-15(2,17(3)4)14(16-19-12-8-11-18)13-9-6-5-7-10-13/h5-7,9-11H,8,12H2,1-4H3. The number of likely N-dealkylation sites (N-methyl/N-ethyl adjacent to an activating group) is 1. The molecule has 0 aliphatic carbocycles. The Morgan fingerprint density at radius 1 is 1.32 bits per heavy atom. The van der Waals surface area contributed by atoms with E-state index in [9.17, 15) is 4.79 Å². The summed E-state index contributed by atoms with van der Waals surface area (Å²) < 4.78 is 0. The van der Waals surface area contributed by atoms with Crippen molar-refractivity contribution in [1.29, 1.82) is 0 Å². The Labute approximate surface area is 115 Å². The minimum absolute atomic E-state index is 0.261. The molecule has 0 aliphatic rings. The van der Waals surface area contributed by atoms with Gasteiger partial charge >= 0.3 is 0 Å². The van der Waals surface area contributed by atoms with Gasteiger partial charge in [-0.15, -0.1) is 0 Å². The molecule has 104 valence electrons. The molecule has 0 spiro atoms. The maximum absolute atomic E-state index is 10.3. The van der Waals surface area contributed by atoms with E-state index in [1.807, 2.05) is 44.4 Å². The van der Waals surface area contributed by atoms with Crippen LogP contribution in [0.3, 0.4) is 0 Å². The second-order valence-corrected chi connectivity index (χ2v) is 5.05. The molecule has 4 nitrogen and oxygen atoms in total. The summed E-state index contributed by atoms with van der Waals surface area (Å²) in [6, 6.07) is 9.93. The second-order valence-electron chi connectivity index (χ2n) is 5.05. The highest BCUT2D eigenvalue weighted by molar-refractivity contribution is 6.06. The Balaban J connectivity index is 3.01. The number of nitrogens with zero attached hydrogens (tertiary/aromatic N) is 2. The number of aldehydes is 1. The van der Waals surface area contributed by atoms with Crippen LogP contribution in [0.5, 0.6) is 0 Å². The first-order valence-corrected chi connectivity index (χ1v) is 6.37. The molecule has 0 aliphatic heterocycles. The number of carbonyl (C=O) groups excluding carboxylic acids is 1. The van der Waals surface area contributed by atoms with Crippen molar-refractivity contribution >= 4 is 12.0 Å². The fourth-order valence-electron chi connectivity index (χ4n) is 1.54. The van der Waals surface area contributed by atoms with E-state index in [4.69, 9.17) is 4.84 Å². The van der Waals surface area contributed by atoms with Crippen molar-refractivity contribution in [3.05, 3.63) is 35.9 Å². The Bertz CT molecular complexity index is 425. The number of benzene rings is 1. The van der Waals surface area contributed by atoms with Gasteiger partial charge in [0.25, 0.3) is 0 Å². The van der Waals surface area contributed by atoms with Gasteiger partial charge in [0.1, 0.15) is 18.6 Å². The van der Waals surface area contributed by atoms with E-state index in [1.165, 1.54) is 0 Å². The van der Waals surface area contributed by atoms with Gasteiger partial charge in [-0.25, -0.2) is 0 Å². The largest absolute Gasteiger partial charge is 0.395 e. The molecule has 1 aromatic carbocycles. The normalized spacial score (nSPS) is 12.6. The van der Waals surface area contributed by atoms with E-state index in [2.05, 4.69) is 23.9 Å². The number of hydrogen-bond acceptors (Lipinski definition) is 4. The van der Waals surface area contributed by atoms with Gasteiger partial charge in [-0.1, -0.05) is 35.5 Å². The van der Waals surface area contributed by atoms with E-state index < -0.39 is 0 Å². The van der Waals surface area contributed by atoms with Crippen LogP contribution >= 0.6 is 0 Å². The highest BCUT2D eigenvalue weighted by Gasteiger charge is 2.29. The molecule has 0 fully saturated rings. The molecule has 1 aromatic rings. The lowest BCUT2D eigenvalue weighted by atomic mass is 9.91. The number of oxime groups is 1. The molecule has 0 radical (unpaired) electrons. The summed E-state index contributed by atoms with van der Waals surface area (Å²) in [5.41, 5.74) is 1.61. The molecule has 0 N–H and O–H groups in total. The summed E-state index contributed by atoms with van der Waals surface area (Å²) >= 11 is 0. The summed E-state index contributed by atoms with van der Waals surface area (Å²) in [6.45, 7) is 4.48. The van der Waals surface area contributed by atoms with Crippen LogP contribution in [-0.2, 0) is 9.63 Å². The van der Waals surface area contributed by atoms with Crippen LogP contribution in [0.2, 0.25) is 0 Å². The Kier molecular flexibility index (Phi) is 5.70. The first-order valence-electron chi connectivity index (χ1n) is 6.37. The maximum atomic E-state index is 10.3. The summed E-state index contributed by atoms with van der Waals surface area (Å²) in [5, 5.41) is 4.24. The molecule has 0 heterocycles. The number of carbonyl (C=O) groups is 1. The zero-order valence-corrected chi connectivity index (χ0v) is 12.1. The van der Waals surface area contributed by atoms with Crippen molar-refractivity contribution < 1.29 is 9.63 Å². The molecule has 0 saturated heterocycles. The van der Waals surface area contributed by atoms with Crippen molar-refractivity contribution in [3.8, 4) is 0 Å². The van der Waals surface area contributed by atoms with Crippen LogP contribution in [0.15, 0.2) is 35.5 Å². The fraction of sp³-hybridized carbons (Fsp3) is 0.467. The highest BCUT2D eigenvalue weighted by Crippen LogP contribution is 2.19. The minimum Gasteiger partial charge on any atom is -0.395 e. The molecule has 0 bridgehead atoms. The monoisotopic (exact) mass is 262 g/mol. The van der Waals surface area contributed by atoms with Crippen molar-refractivity contribution in [1.82, 2.24) is 4.90 Å². The predicted molar refractivity (Wildman–Crippen MR) is 77.4 cm³/mol. The molecule has 0 saturated carbocycles. The lowest BCUT2D eigenvalue weighted by Crippen LogP contribution is -2.46. The lowest BCUT2D eigenvalue weighted by Gasteiger charge is -2.33. The lowest BCUT2D eigenvalue weighted by molar-refractivity contribution is -0.108. The quantitative estimate of drug-likeness (QED) is 0.328. The predicted octanol–water partition coefficient (Wildman–Crippen LogP) is 2.34. The minimum atomic E-state index is -0.261. The van der Waals surface area contributed by atoms with Gasteiger partial charge in [0.15, 0.2) is 0 Å². The van der Waals surface area contributed by atoms with Gasteiger partial charge in [-0.05, 0) is 27.9 Å². The Hall–Kier alpha value is -1.68. The fourth-order valence-corrected chi connectivity index (χ4v) is 1.54. The first kappa shape index (κ1) is 15.4. The summed E-state index contributed by atoms with van der Waals surface area (Å²) in [4.78, 5) is 17.6. The molecule has 1 rings (SSSR count). The molecule has 19 heavy (non-hydrogen) atoms. The van der Waals surface area contributed by atoms with Gasteiger partial charge in [0, 0.05) is 12.0 Å². The van der Waals surface area contributed by atoms with Crippen molar-refractivity contribution in [2.45, 2.75) is 25.8 Å². The maximum Gasteiger partial charge on any atom is 0.123 e. The Morgan fingerprint density at radius 3 is 2.47 bits per heavy atom. The highest BCUT2D eigenvalue weighted by atomic mass is 16.6. The van der Waals surface area contributed by atoms with Gasteiger partial charge in [0.2, 0.25) is 0 Å². The number of hydrogen-bond donors (Lipinski definition) is 0. The van der Waals surface area contributed by atoms with E-state index in [0.29, 0.717) is 13.0 Å². The molecule has 0 unspecified atom stereocenters. The van der Waals surface area contributed by atoms with Gasteiger partial charge in [-0.3, -0.25) is 4.90 Å². The molecule has 0 atom stereocenters. The van der Waals surface area contributed by atoms with E-state index >= 15 is 0 Å². The van der Waals surface area contributed by atoms with Crippen molar-refractivity contribution in [2.75, 3.05) is 20.7 Å². The summed E-state index contributed by atoms with van der Waals surface area (Å²) in [5.74, 6) is 0. The third kappa shape index (κ3) is 4.17. The van der Waals surface area contributed by atoms with Crippen LogP contribution in [0.25, 0.3) is 0 Å². The third-order valence-electron chi connectivity index (χ3n) is 3.23. The average molecular weight is 262 g/mol. The van der Waals surface area contributed by atoms with Gasteiger partial charge < -0.3 is 9.63 Å². The SMILES string of the molecule is CN(C)C(C)(C)C(=NOCCC=O)c1ccccc1. The molecular weight excluding hydrogens is 240 g/mol. The summed E-state index contributed by atoms with van der Waals surface area (Å²) in [6.07, 6.45) is 1.18. The third-order valence-corrected chi connectivity index (χ3v) is 3.23. The zero-order valence-electron chi connectivity index (χ0n) is 12.1. The second kappa shape index (κ2) is 7.04. The van der Waals surface area contributed by atoms with E-state index in [1.54, 1.807) is 0 Å². The van der Waals surface area contributed by atoms with Crippen molar-refractivity contribution in [3.63, 3.8) is 0 Å². The topological polar surface area (TPSA) is 41.9 Å². The molecule has 4 heteroatoms. The Morgan fingerprint density at radius 2 is 1.95 bits per heavy atom. The zero-order chi connectivity index (χ0) is 14.3. The van der Waals surface area contributed by atoms with Crippen LogP contribution in [0.1, 0.15) is 25.8 Å². The summed E-state index contributed by atoms with van der Waals surface area (Å²) in [7, 11) is 4.01. The van der Waals surface area contributed by atoms with Gasteiger partial charge in [-0.2, -0.15) is 0 Å². The first-order chi connectivity index (χ1) is 9.00. The van der Waals surface area contributed by atoms with E-state index in [-0.39, 0.29) is 5.54 Å². The molecule has 0 amide bonds. The van der Waals surface area contributed by atoms with Crippen LogP contribution < -0.4 is 0 Å². The van der Waals surface area contributed by atoms with Crippen LogP contribution in [0.4, 0.5) is 0 Å². The van der Waals surface area contributed by atoms with Crippen molar-refractivity contribution in [2.24, 2.45) is 5.16 Å². The average Bonchev–Trinajstić information content (AvgIpc) is 2.39.